The van der Waals surface area contributed by atoms with Gasteiger partial charge in [-0.1, -0.05) is 6.92 Å². The van der Waals surface area contributed by atoms with Gasteiger partial charge >= 0.3 is 0 Å². The van der Waals surface area contributed by atoms with Gasteiger partial charge in [-0.05, 0) is 78.0 Å². The molecular weight excluding hydrogens is 236 g/mol. The van der Waals surface area contributed by atoms with Crippen molar-refractivity contribution in [2.24, 2.45) is 5.92 Å². The highest BCUT2D eigenvalue weighted by Crippen LogP contribution is 2.32. The van der Waals surface area contributed by atoms with Gasteiger partial charge in [0.2, 0.25) is 0 Å². The summed E-state index contributed by atoms with van der Waals surface area (Å²) in [6.45, 7) is 9.29. The average molecular weight is 268 g/mol. The molecule has 2 aliphatic heterocycles. The first kappa shape index (κ1) is 15.3. The molecule has 0 spiro atoms. The van der Waals surface area contributed by atoms with Crippen LogP contribution in [0.3, 0.4) is 0 Å². The number of nitrogens with one attached hydrogen (secondary N) is 1. The molecule has 0 aromatic carbocycles. The fraction of sp³-hybridized carbons (Fsp3) is 1.00. The standard InChI is InChI=1S/C16H32N2O/c1-4-16(2)13-15(8-12-19-16)18-10-6-14(7-11-18)5-9-17-3/h14-15,17H,4-13H2,1-3H3. The number of rotatable bonds is 5. The highest BCUT2D eigenvalue weighted by Gasteiger charge is 2.35. The Morgan fingerprint density at radius 3 is 2.63 bits per heavy atom. The molecule has 0 radical (unpaired) electrons. The molecule has 2 aliphatic rings. The van der Waals surface area contributed by atoms with Crippen LogP contribution < -0.4 is 5.32 Å². The molecule has 2 heterocycles. The Balaban J connectivity index is 1.77. The SMILES string of the molecule is CCC1(C)CC(N2CCC(CCNC)CC2)CCO1. The van der Waals surface area contributed by atoms with E-state index in [0.29, 0.717) is 0 Å². The molecule has 3 nitrogen and oxygen atoms in total. The van der Waals surface area contributed by atoms with Gasteiger partial charge in [-0.25, -0.2) is 0 Å². The Labute approximate surface area is 119 Å². The second kappa shape index (κ2) is 7.05. The van der Waals surface area contributed by atoms with E-state index in [0.717, 1.165) is 25.0 Å². The Morgan fingerprint density at radius 1 is 1.26 bits per heavy atom. The van der Waals surface area contributed by atoms with Crippen LogP contribution in [0.5, 0.6) is 0 Å². The lowest BCUT2D eigenvalue weighted by Crippen LogP contribution is -2.49. The lowest BCUT2D eigenvalue weighted by molar-refractivity contribution is -0.0996. The molecule has 2 fully saturated rings. The maximum Gasteiger partial charge on any atom is 0.0666 e. The van der Waals surface area contributed by atoms with Gasteiger partial charge in [0, 0.05) is 12.6 Å². The Morgan fingerprint density at radius 2 is 2.00 bits per heavy atom. The Kier molecular flexibility index (Phi) is 5.67. The molecule has 0 aromatic heterocycles. The summed E-state index contributed by atoms with van der Waals surface area (Å²) < 4.78 is 5.97. The van der Waals surface area contributed by atoms with Crippen LogP contribution in [0.25, 0.3) is 0 Å². The zero-order valence-electron chi connectivity index (χ0n) is 13.1. The molecule has 2 atom stereocenters. The van der Waals surface area contributed by atoms with Crippen LogP contribution in [-0.4, -0.2) is 49.8 Å². The predicted molar refractivity (Wildman–Crippen MR) is 80.5 cm³/mol. The van der Waals surface area contributed by atoms with E-state index in [2.05, 4.69) is 31.1 Å². The van der Waals surface area contributed by atoms with Gasteiger partial charge in [-0.3, -0.25) is 0 Å². The molecule has 2 saturated heterocycles. The second-order valence-electron chi connectivity index (χ2n) is 6.67. The highest BCUT2D eigenvalue weighted by molar-refractivity contribution is 4.88. The quantitative estimate of drug-likeness (QED) is 0.829. The largest absolute Gasteiger partial charge is 0.375 e. The summed E-state index contributed by atoms with van der Waals surface area (Å²) in [6.07, 6.45) is 7.73. The van der Waals surface area contributed by atoms with Gasteiger partial charge in [-0.15, -0.1) is 0 Å². The Hall–Kier alpha value is -0.120. The summed E-state index contributed by atoms with van der Waals surface area (Å²) in [5, 5.41) is 3.28. The minimum Gasteiger partial charge on any atom is -0.375 e. The molecule has 2 rings (SSSR count). The van der Waals surface area contributed by atoms with E-state index in [1.807, 2.05) is 0 Å². The van der Waals surface area contributed by atoms with Crippen molar-refractivity contribution in [3.63, 3.8) is 0 Å². The number of likely N-dealkylation sites (tertiary alicyclic amines) is 1. The van der Waals surface area contributed by atoms with Crippen molar-refractivity contribution in [3.8, 4) is 0 Å². The van der Waals surface area contributed by atoms with Gasteiger partial charge in [0.05, 0.1) is 5.60 Å². The highest BCUT2D eigenvalue weighted by atomic mass is 16.5. The van der Waals surface area contributed by atoms with Crippen LogP contribution in [0.15, 0.2) is 0 Å². The molecule has 1 N–H and O–H groups in total. The van der Waals surface area contributed by atoms with Gasteiger partial charge in [0.1, 0.15) is 0 Å². The topological polar surface area (TPSA) is 24.5 Å². The Bertz CT molecular complexity index is 263. The van der Waals surface area contributed by atoms with Gasteiger partial charge < -0.3 is 15.0 Å². The van der Waals surface area contributed by atoms with Crippen LogP contribution in [0.1, 0.15) is 52.4 Å². The van der Waals surface area contributed by atoms with Crippen LogP contribution in [-0.2, 0) is 4.74 Å². The van der Waals surface area contributed by atoms with Crippen LogP contribution in [0, 0.1) is 5.92 Å². The van der Waals surface area contributed by atoms with Crippen molar-refractivity contribution in [3.05, 3.63) is 0 Å². The first-order valence-corrected chi connectivity index (χ1v) is 8.19. The average Bonchev–Trinajstić information content (AvgIpc) is 2.46. The molecule has 0 amide bonds. The third-order valence-electron chi connectivity index (χ3n) is 5.29. The van der Waals surface area contributed by atoms with E-state index in [9.17, 15) is 0 Å². The minimum atomic E-state index is 0.131. The van der Waals surface area contributed by atoms with E-state index in [4.69, 9.17) is 4.74 Å². The zero-order chi connectivity index (χ0) is 13.7. The molecule has 112 valence electrons. The van der Waals surface area contributed by atoms with Gasteiger partial charge in [0.15, 0.2) is 0 Å². The van der Waals surface area contributed by atoms with Crippen molar-refractivity contribution < 1.29 is 4.74 Å². The van der Waals surface area contributed by atoms with Crippen molar-refractivity contribution in [1.82, 2.24) is 10.2 Å². The number of hydrogen-bond donors (Lipinski definition) is 1. The van der Waals surface area contributed by atoms with Gasteiger partial charge in [0.25, 0.3) is 0 Å². The van der Waals surface area contributed by atoms with Crippen LogP contribution in [0.4, 0.5) is 0 Å². The first-order chi connectivity index (χ1) is 9.17. The third-order valence-corrected chi connectivity index (χ3v) is 5.29. The van der Waals surface area contributed by atoms with Gasteiger partial charge in [-0.2, -0.15) is 0 Å². The number of hydrogen-bond acceptors (Lipinski definition) is 3. The van der Waals surface area contributed by atoms with E-state index >= 15 is 0 Å². The second-order valence-corrected chi connectivity index (χ2v) is 6.67. The fourth-order valence-electron chi connectivity index (χ4n) is 3.61. The maximum absolute atomic E-state index is 5.97. The molecule has 2 unspecified atom stereocenters. The predicted octanol–water partition coefficient (Wildman–Crippen LogP) is 2.66. The molecule has 0 aromatic rings. The van der Waals surface area contributed by atoms with Crippen molar-refractivity contribution in [2.75, 3.05) is 33.3 Å². The van der Waals surface area contributed by atoms with Crippen molar-refractivity contribution in [1.29, 1.82) is 0 Å². The van der Waals surface area contributed by atoms with Crippen molar-refractivity contribution in [2.45, 2.75) is 64.0 Å². The van der Waals surface area contributed by atoms with E-state index in [1.54, 1.807) is 0 Å². The fourth-order valence-corrected chi connectivity index (χ4v) is 3.61. The zero-order valence-corrected chi connectivity index (χ0v) is 13.1. The molecule has 3 heteroatoms. The molecule has 0 bridgehead atoms. The molecule has 0 aliphatic carbocycles. The number of piperidine rings is 1. The van der Waals surface area contributed by atoms with E-state index in [1.165, 1.54) is 51.7 Å². The lowest BCUT2D eigenvalue weighted by atomic mass is 9.86. The summed E-state index contributed by atoms with van der Waals surface area (Å²) in [5.74, 6) is 0.945. The molecule has 19 heavy (non-hydrogen) atoms. The number of ether oxygens (including phenoxy) is 1. The normalized spacial score (nSPS) is 34.6. The molecular formula is C16H32N2O. The third kappa shape index (κ3) is 4.17. The maximum atomic E-state index is 5.97. The van der Waals surface area contributed by atoms with E-state index in [-0.39, 0.29) is 5.60 Å². The summed E-state index contributed by atoms with van der Waals surface area (Å²) in [7, 11) is 2.06. The number of nitrogens with zero attached hydrogens (tertiary/aromatic N) is 1. The van der Waals surface area contributed by atoms with E-state index < -0.39 is 0 Å². The molecule has 0 saturated carbocycles. The minimum absolute atomic E-state index is 0.131. The van der Waals surface area contributed by atoms with Crippen molar-refractivity contribution >= 4 is 0 Å². The smallest absolute Gasteiger partial charge is 0.0666 e. The lowest BCUT2D eigenvalue weighted by Gasteiger charge is -2.45. The monoisotopic (exact) mass is 268 g/mol. The summed E-state index contributed by atoms with van der Waals surface area (Å²) in [5.41, 5.74) is 0.131. The first-order valence-electron chi connectivity index (χ1n) is 8.19. The van der Waals surface area contributed by atoms with Crippen LogP contribution >= 0.6 is 0 Å². The summed E-state index contributed by atoms with van der Waals surface area (Å²) >= 11 is 0. The summed E-state index contributed by atoms with van der Waals surface area (Å²) in [4.78, 5) is 2.74. The van der Waals surface area contributed by atoms with Crippen LogP contribution in [0.2, 0.25) is 0 Å². The summed E-state index contributed by atoms with van der Waals surface area (Å²) in [6, 6.07) is 0.768.